The molecule has 0 aliphatic rings. The van der Waals surface area contributed by atoms with E-state index in [4.69, 9.17) is 4.43 Å². The number of carbonyl (C=O) groups excluding carboxylic acids is 1. The molecule has 3 heteroatoms. The van der Waals surface area contributed by atoms with Crippen molar-refractivity contribution in [3.05, 3.63) is 0 Å². The molecule has 0 aliphatic carbocycles. The molecule has 0 aromatic rings. The SMILES string of the molecule is CCCCCCCCCCCCCCC(C)C(=O)O[Si](C)(C)C. The first-order valence-corrected chi connectivity index (χ1v) is 13.5. The lowest BCUT2D eigenvalue weighted by atomic mass is 10.0. The number of carbonyl (C=O) groups is 1. The smallest absolute Gasteiger partial charge is 0.295 e. The Kier molecular flexibility index (Phi) is 13.9. The maximum Gasteiger partial charge on any atom is 0.295 e. The van der Waals surface area contributed by atoms with Crippen LogP contribution in [0.2, 0.25) is 19.6 Å². The van der Waals surface area contributed by atoms with E-state index in [2.05, 4.69) is 26.6 Å². The first-order valence-electron chi connectivity index (χ1n) is 10.1. The van der Waals surface area contributed by atoms with Crippen LogP contribution in [0.5, 0.6) is 0 Å². The van der Waals surface area contributed by atoms with Crippen molar-refractivity contribution in [1.29, 1.82) is 0 Å². The highest BCUT2D eigenvalue weighted by atomic mass is 28.4. The van der Waals surface area contributed by atoms with Gasteiger partial charge in [-0.3, -0.25) is 4.79 Å². The molecule has 0 rings (SSSR count). The highest BCUT2D eigenvalue weighted by Gasteiger charge is 2.23. The van der Waals surface area contributed by atoms with Crippen molar-refractivity contribution >= 4 is 14.3 Å². The molecular formula is C20H42O2Si. The quantitative estimate of drug-likeness (QED) is 0.234. The molecule has 23 heavy (non-hydrogen) atoms. The van der Waals surface area contributed by atoms with E-state index >= 15 is 0 Å². The Bertz CT molecular complexity index is 284. The Morgan fingerprint density at radius 3 is 1.57 bits per heavy atom. The molecule has 0 spiro atoms. The summed E-state index contributed by atoms with van der Waals surface area (Å²) in [7, 11) is -1.72. The number of hydrogen-bond acceptors (Lipinski definition) is 2. The van der Waals surface area contributed by atoms with E-state index < -0.39 is 8.32 Å². The maximum absolute atomic E-state index is 11.9. The fourth-order valence-electron chi connectivity index (χ4n) is 2.81. The standard InChI is InChI=1S/C20H42O2Si/c1-6-7-8-9-10-11-12-13-14-15-16-17-18-19(2)20(21)22-23(3,4)5/h19H,6-18H2,1-5H3. The number of rotatable bonds is 15. The summed E-state index contributed by atoms with van der Waals surface area (Å²) in [5, 5.41) is 0. The molecule has 0 heterocycles. The third-order valence-electron chi connectivity index (χ3n) is 4.30. The van der Waals surface area contributed by atoms with Crippen molar-refractivity contribution in [3.63, 3.8) is 0 Å². The van der Waals surface area contributed by atoms with Gasteiger partial charge in [-0.2, -0.15) is 0 Å². The van der Waals surface area contributed by atoms with E-state index in [1.54, 1.807) is 0 Å². The molecule has 1 atom stereocenters. The average molecular weight is 343 g/mol. The van der Waals surface area contributed by atoms with Gasteiger partial charge in [0.2, 0.25) is 8.32 Å². The lowest BCUT2D eigenvalue weighted by Crippen LogP contribution is -2.32. The minimum Gasteiger partial charge on any atom is -0.520 e. The van der Waals surface area contributed by atoms with E-state index in [1.807, 2.05) is 6.92 Å². The molecule has 0 saturated carbocycles. The molecule has 1 unspecified atom stereocenters. The summed E-state index contributed by atoms with van der Waals surface area (Å²) in [6.45, 7) is 10.5. The molecule has 0 N–H and O–H groups in total. The van der Waals surface area contributed by atoms with Gasteiger partial charge in [0, 0.05) is 0 Å². The van der Waals surface area contributed by atoms with E-state index in [1.165, 1.54) is 77.0 Å². The van der Waals surface area contributed by atoms with Gasteiger partial charge in [0.15, 0.2) is 0 Å². The summed E-state index contributed by atoms with van der Waals surface area (Å²) in [6, 6.07) is 0. The van der Waals surface area contributed by atoms with Crippen molar-refractivity contribution in [1.82, 2.24) is 0 Å². The normalized spacial score (nSPS) is 13.1. The molecule has 0 fully saturated rings. The van der Waals surface area contributed by atoms with Crippen molar-refractivity contribution in [2.45, 2.75) is 117 Å². The largest absolute Gasteiger partial charge is 0.520 e. The molecule has 2 nitrogen and oxygen atoms in total. The van der Waals surface area contributed by atoms with Crippen LogP contribution < -0.4 is 0 Å². The Morgan fingerprint density at radius 2 is 1.17 bits per heavy atom. The van der Waals surface area contributed by atoms with Gasteiger partial charge in [-0.05, 0) is 26.1 Å². The topological polar surface area (TPSA) is 26.3 Å². The van der Waals surface area contributed by atoms with E-state index in [0.29, 0.717) is 0 Å². The lowest BCUT2D eigenvalue weighted by molar-refractivity contribution is -0.139. The van der Waals surface area contributed by atoms with Crippen LogP contribution in [0, 0.1) is 5.92 Å². The predicted molar refractivity (Wildman–Crippen MR) is 104 cm³/mol. The zero-order chi connectivity index (χ0) is 17.6. The Hall–Kier alpha value is -0.313. The van der Waals surface area contributed by atoms with Crippen LogP contribution in [0.4, 0.5) is 0 Å². The summed E-state index contributed by atoms with van der Waals surface area (Å²) >= 11 is 0. The molecule has 0 amide bonds. The van der Waals surface area contributed by atoms with E-state index in [-0.39, 0.29) is 11.9 Å². The van der Waals surface area contributed by atoms with Crippen molar-refractivity contribution < 1.29 is 9.22 Å². The minimum atomic E-state index is -1.72. The molecular weight excluding hydrogens is 300 g/mol. The lowest BCUT2D eigenvalue weighted by Gasteiger charge is -2.20. The first kappa shape index (κ1) is 22.7. The molecule has 0 aromatic carbocycles. The van der Waals surface area contributed by atoms with Gasteiger partial charge in [-0.15, -0.1) is 0 Å². The van der Waals surface area contributed by atoms with Crippen LogP contribution in [-0.4, -0.2) is 14.3 Å². The van der Waals surface area contributed by atoms with Crippen molar-refractivity contribution in [3.8, 4) is 0 Å². The molecule has 0 saturated heterocycles. The fraction of sp³-hybridized carbons (Fsp3) is 0.950. The van der Waals surface area contributed by atoms with Crippen LogP contribution in [0.25, 0.3) is 0 Å². The minimum absolute atomic E-state index is 0.0206. The molecule has 138 valence electrons. The molecule has 0 aromatic heterocycles. The second-order valence-corrected chi connectivity index (χ2v) is 12.5. The molecule has 0 radical (unpaired) electrons. The molecule has 0 bridgehead atoms. The van der Waals surface area contributed by atoms with Gasteiger partial charge in [0.1, 0.15) is 0 Å². The number of unbranched alkanes of at least 4 members (excludes halogenated alkanes) is 11. The van der Waals surface area contributed by atoms with Gasteiger partial charge in [0.05, 0.1) is 5.92 Å². The number of hydrogen-bond donors (Lipinski definition) is 0. The Balaban J connectivity index is 3.34. The third-order valence-corrected chi connectivity index (χ3v) is 5.11. The van der Waals surface area contributed by atoms with Crippen LogP contribution in [-0.2, 0) is 9.22 Å². The van der Waals surface area contributed by atoms with Crippen molar-refractivity contribution in [2.24, 2.45) is 5.92 Å². The maximum atomic E-state index is 11.9. The summed E-state index contributed by atoms with van der Waals surface area (Å²) in [4.78, 5) is 11.9. The highest BCUT2D eigenvalue weighted by Crippen LogP contribution is 2.16. The second-order valence-electron chi connectivity index (χ2n) is 8.11. The fourth-order valence-corrected chi connectivity index (χ4v) is 3.62. The molecule has 0 aliphatic heterocycles. The monoisotopic (exact) mass is 342 g/mol. The van der Waals surface area contributed by atoms with Gasteiger partial charge >= 0.3 is 0 Å². The van der Waals surface area contributed by atoms with Crippen LogP contribution in [0.1, 0.15) is 97.3 Å². The highest BCUT2D eigenvalue weighted by molar-refractivity contribution is 6.71. The zero-order valence-electron chi connectivity index (χ0n) is 16.6. The third kappa shape index (κ3) is 16.3. The first-order chi connectivity index (χ1) is 10.9. The van der Waals surface area contributed by atoms with Gasteiger partial charge in [0.25, 0.3) is 5.97 Å². The van der Waals surface area contributed by atoms with E-state index in [0.717, 1.165) is 6.42 Å². The summed E-state index contributed by atoms with van der Waals surface area (Å²) in [5.74, 6) is 0.0945. The average Bonchev–Trinajstić information content (AvgIpc) is 2.46. The predicted octanol–water partition coefficient (Wildman–Crippen LogP) is 7.09. The van der Waals surface area contributed by atoms with Gasteiger partial charge < -0.3 is 4.43 Å². The van der Waals surface area contributed by atoms with Gasteiger partial charge in [-0.1, -0.05) is 90.9 Å². The Morgan fingerprint density at radius 1 is 0.783 bits per heavy atom. The van der Waals surface area contributed by atoms with Crippen molar-refractivity contribution in [2.75, 3.05) is 0 Å². The van der Waals surface area contributed by atoms with Crippen LogP contribution in [0.3, 0.4) is 0 Å². The Labute approximate surface area is 146 Å². The summed E-state index contributed by atoms with van der Waals surface area (Å²) in [5.41, 5.74) is 0. The van der Waals surface area contributed by atoms with Crippen LogP contribution >= 0.6 is 0 Å². The van der Waals surface area contributed by atoms with Crippen LogP contribution in [0.15, 0.2) is 0 Å². The second kappa shape index (κ2) is 14.1. The zero-order valence-corrected chi connectivity index (χ0v) is 17.6. The van der Waals surface area contributed by atoms with E-state index in [9.17, 15) is 4.79 Å². The summed E-state index contributed by atoms with van der Waals surface area (Å²) in [6.07, 6.45) is 17.4. The van der Waals surface area contributed by atoms with Gasteiger partial charge in [-0.25, -0.2) is 0 Å². The summed E-state index contributed by atoms with van der Waals surface area (Å²) < 4.78 is 5.56.